The maximum Gasteiger partial charge on any atom is 0.0456 e. The number of hydrogen-bond donors (Lipinski definition) is 1. The molecular weight excluding hydrogens is 254 g/mol. The minimum Gasteiger partial charge on any atom is -0.361 e. The van der Waals surface area contributed by atoms with Crippen LogP contribution < -0.4 is 0 Å². The molecule has 0 atom stereocenters. The lowest BCUT2D eigenvalue weighted by molar-refractivity contribution is 1.18. The quantitative estimate of drug-likeness (QED) is 0.532. The number of para-hydroxylation sites is 1. The van der Waals surface area contributed by atoms with Gasteiger partial charge >= 0.3 is 0 Å². The van der Waals surface area contributed by atoms with E-state index in [0.29, 0.717) is 0 Å². The molecule has 1 radical (unpaired) electrons. The van der Waals surface area contributed by atoms with E-state index in [1.807, 2.05) is 0 Å². The molecule has 0 aliphatic heterocycles. The van der Waals surface area contributed by atoms with Gasteiger partial charge in [0.2, 0.25) is 0 Å². The molecule has 0 bridgehead atoms. The van der Waals surface area contributed by atoms with Crippen molar-refractivity contribution in [1.29, 1.82) is 0 Å². The number of benzene rings is 3. The van der Waals surface area contributed by atoms with Gasteiger partial charge in [0.25, 0.3) is 0 Å². The van der Waals surface area contributed by atoms with Crippen LogP contribution in [0.1, 0.15) is 11.1 Å². The second-order valence-corrected chi connectivity index (χ2v) is 5.38. The van der Waals surface area contributed by atoms with Crippen LogP contribution >= 0.6 is 0 Å². The Labute approximate surface area is 124 Å². The average Bonchev–Trinajstić information content (AvgIpc) is 2.96. The van der Waals surface area contributed by atoms with Gasteiger partial charge in [0.15, 0.2) is 0 Å². The lowest BCUT2D eigenvalue weighted by Crippen LogP contribution is -1.88. The Morgan fingerprint density at radius 3 is 2.57 bits per heavy atom. The first-order valence-corrected chi connectivity index (χ1v) is 7.27. The molecule has 0 aliphatic carbocycles. The Morgan fingerprint density at radius 2 is 1.62 bits per heavy atom. The number of fused-ring (bicyclic) bond motifs is 2. The lowest BCUT2D eigenvalue weighted by Gasteiger charge is -2.03. The number of aromatic amines is 1. The molecule has 21 heavy (non-hydrogen) atoms. The van der Waals surface area contributed by atoms with Crippen LogP contribution in [0.5, 0.6) is 0 Å². The van der Waals surface area contributed by atoms with Crippen LogP contribution in [0.2, 0.25) is 0 Å². The summed E-state index contributed by atoms with van der Waals surface area (Å²) in [5.41, 5.74) is 3.82. The minimum absolute atomic E-state index is 0.951. The number of H-pyrrole nitrogens is 1. The monoisotopic (exact) mass is 270 g/mol. The van der Waals surface area contributed by atoms with Gasteiger partial charge in [0.05, 0.1) is 0 Å². The predicted octanol–water partition coefficient (Wildman–Crippen LogP) is 5.12. The summed E-state index contributed by atoms with van der Waals surface area (Å²) in [6, 6.07) is 23.6. The molecule has 3 aromatic carbocycles. The molecule has 0 saturated carbocycles. The van der Waals surface area contributed by atoms with Gasteiger partial charge in [-0.1, -0.05) is 60.7 Å². The molecule has 1 N–H and O–H groups in total. The van der Waals surface area contributed by atoms with E-state index in [1.54, 1.807) is 0 Å². The molecule has 0 spiro atoms. The highest BCUT2D eigenvalue weighted by atomic mass is 14.7. The summed E-state index contributed by atoms with van der Waals surface area (Å²) in [6.07, 6.45) is 5.33. The van der Waals surface area contributed by atoms with Gasteiger partial charge in [-0.05, 0) is 40.8 Å². The van der Waals surface area contributed by atoms with Crippen molar-refractivity contribution in [2.45, 2.75) is 6.42 Å². The molecule has 0 unspecified atom stereocenters. The number of rotatable bonds is 3. The summed E-state index contributed by atoms with van der Waals surface area (Å²) in [7, 11) is 0. The largest absolute Gasteiger partial charge is 0.361 e. The van der Waals surface area contributed by atoms with Crippen LogP contribution in [0.4, 0.5) is 0 Å². The van der Waals surface area contributed by atoms with E-state index < -0.39 is 0 Å². The van der Waals surface area contributed by atoms with Gasteiger partial charge in [-0.2, -0.15) is 0 Å². The van der Waals surface area contributed by atoms with Crippen molar-refractivity contribution in [3.05, 3.63) is 90.5 Å². The maximum atomic E-state index is 3.32. The molecule has 0 aliphatic rings. The van der Waals surface area contributed by atoms with E-state index in [-0.39, 0.29) is 0 Å². The molecule has 1 nitrogen and oxygen atoms in total. The standard InChI is InChI=1S/C20H16N/c1-2-6-17-13-15(9-11-16(17)5-1)10-12-18-14-21-20-8-4-3-7-19(18)20/h1-9,11-14,21H,10H2. The van der Waals surface area contributed by atoms with E-state index in [2.05, 4.69) is 84.3 Å². The molecule has 1 heterocycles. The fourth-order valence-electron chi connectivity index (χ4n) is 2.86. The van der Waals surface area contributed by atoms with E-state index in [4.69, 9.17) is 0 Å². The topological polar surface area (TPSA) is 15.8 Å². The predicted molar refractivity (Wildman–Crippen MR) is 89.4 cm³/mol. The second kappa shape index (κ2) is 5.10. The Bertz CT molecular complexity index is 902. The summed E-state index contributed by atoms with van der Waals surface area (Å²) in [4.78, 5) is 3.32. The van der Waals surface area contributed by atoms with Crippen molar-refractivity contribution in [2.75, 3.05) is 0 Å². The summed E-state index contributed by atoms with van der Waals surface area (Å²) in [6.45, 7) is 0. The fourth-order valence-corrected chi connectivity index (χ4v) is 2.86. The van der Waals surface area contributed by atoms with Gasteiger partial charge in [0, 0.05) is 17.1 Å². The van der Waals surface area contributed by atoms with E-state index >= 15 is 0 Å². The first-order valence-electron chi connectivity index (χ1n) is 7.27. The Hall–Kier alpha value is -2.54. The summed E-state index contributed by atoms with van der Waals surface area (Å²) in [5.74, 6) is 0. The molecule has 101 valence electrons. The van der Waals surface area contributed by atoms with Gasteiger partial charge in [0.1, 0.15) is 0 Å². The molecule has 0 amide bonds. The number of hydrogen-bond acceptors (Lipinski definition) is 0. The summed E-state index contributed by atoms with van der Waals surface area (Å²) in [5, 5.41) is 3.90. The third kappa shape index (κ3) is 2.31. The van der Waals surface area contributed by atoms with Crippen molar-refractivity contribution < 1.29 is 0 Å². The minimum atomic E-state index is 0.951. The van der Waals surface area contributed by atoms with Gasteiger partial charge < -0.3 is 4.98 Å². The smallest absolute Gasteiger partial charge is 0.0456 e. The average molecular weight is 270 g/mol. The fraction of sp³-hybridized carbons (Fsp3) is 0.0500. The molecule has 1 aromatic heterocycles. The summed E-state index contributed by atoms with van der Waals surface area (Å²) < 4.78 is 0. The second-order valence-electron chi connectivity index (χ2n) is 5.38. The molecule has 4 aromatic rings. The molecular formula is C20H16N. The Morgan fingerprint density at radius 1 is 0.810 bits per heavy atom. The van der Waals surface area contributed by atoms with Crippen LogP contribution in [-0.4, -0.2) is 4.98 Å². The van der Waals surface area contributed by atoms with E-state index in [9.17, 15) is 0 Å². The van der Waals surface area contributed by atoms with Crippen molar-refractivity contribution >= 4 is 21.7 Å². The first-order chi connectivity index (χ1) is 10.4. The Balaban J connectivity index is 1.60. The van der Waals surface area contributed by atoms with Gasteiger partial charge in [-0.25, -0.2) is 0 Å². The van der Waals surface area contributed by atoms with Crippen LogP contribution in [0.25, 0.3) is 21.7 Å². The molecule has 0 saturated heterocycles. The third-order valence-electron chi connectivity index (χ3n) is 3.99. The normalized spacial score (nSPS) is 11.2. The van der Waals surface area contributed by atoms with Crippen molar-refractivity contribution in [2.24, 2.45) is 0 Å². The van der Waals surface area contributed by atoms with Gasteiger partial charge in [-0.3, -0.25) is 0 Å². The van der Waals surface area contributed by atoms with Crippen molar-refractivity contribution in [1.82, 2.24) is 4.98 Å². The van der Waals surface area contributed by atoms with E-state index in [1.165, 1.54) is 32.8 Å². The SMILES string of the molecule is [CH](Cc1ccc2ccccc2c1)c1c[nH]c2ccccc12. The highest BCUT2D eigenvalue weighted by molar-refractivity contribution is 5.85. The zero-order valence-corrected chi connectivity index (χ0v) is 11.7. The van der Waals surface area contributed by atoms with Gasteiger partial charge in [-0.15, -0.1) is 0 Å². The van der Waals surface area contributed by atoms with Crippen molar-refractivity contribution in [3.63, 3.8) is 0 Å². The highest BCUT2D eigenvalue weighted by Crippen LogP contribution is 2.22. The first kappa shape index (κ1) is 12.2. The molecule has 1 heteroatoms. The zero-order valence-electron chi connectivity index (χ0n) is 11.7. The maximum absolute atomic E-state index is 3.32. The lowest BCUT2D eigenvalue weighted by atomic mass is 10.0. The number of nitrogens with one attached hydrogen (secondary N) is 1. The van der Waals surface area contributed by atoms with Crippen LogP contribution in [0.3, 0.4) is 0 Å². The highest BCUT2D eigenvalue weighted by Gasteiger charge is 2.04. The Kier molecular flexibility index (Phi) is 2.97. The molecule has 0 fully saturated rings. The van der Waals surface area contributed by atoms with E-state index in [0.717, 1.165) is 6.42 Å². The summed E-state index contributed by atoms with van der Waals surface area (Å²) >= 11 is 0. The van der Waals surface area contributed by atoms with Crippen LogP contribution in [0, 0.1) is 6.42 Å². The zero-order chi connectivity index (χ0) is 14.1. The number of aromatic nitrogens is 1. The molecule has 4 rings (SSSR count). The van der Waals surface area contributed by atoms with Crippen molar-refractivity contribution in [3.8, 4) is 0 Å². The van der Waals surface area contributed by atoms with Crippen LogP contribution in [-0.2, 0) is 6.42 Å². The van der Waals surface area contributed by atoms with Crippen LogP contribution in [0.15, 0.2) is 72.9 Å². The third-order valence-corrected chi connectivity index (χ3v) is 3.99.